The molecule has 0 saturated carbocycles. The van der Waals surface area contributed by atoms with E-state index in [-0.39, 0.29) is 24.4 Å². The molecule has 0 aromatic heterocycles. The summed E-state index contributed by atoms with van der Waals surface area (Å²) in [5, 5.41) is 10.3. The minimum atomic E-state index is -1.10. The molecule has 188 valence electrons. The van der Waals surface area contributed by atoms with Gasteiger partial charge >= 0.3 is 5.97 Å². The van der Waals surface area contributed by atoms with Crippen molar-refractivity contribution >= 4 is 23.9 Å². The second-order valence-electron chi connectivity index (χ2n) is 9.78. The number of amides is 2. The van der Waals surface area contributed by atoms with Crippen LogP contribution in [-0.2, 0) is 14.4 Å². The van der Waals surface area contributed by atoms with Crippen molar-refractivity contribution in [2.24, 2.45) is 0 Å². The molecule has 2 amide bonds. The zero-order chi connectivity index (χ0) is 25.9. The highest BCUT2D eigenvalue weighted by Crippen LogP contribution is 2.38. The molecular formula is C31H30N2O4. The van der Waals surface area contributed by atoms with Gasteiger partial charge in [0, 0.05) is 12.1 Å². The van der Waals surface area contributed by atoms with Crippen molar-refractivity contribution in [3.63, 3.8) is 0 Å². The summed E-state index contributed by atoms with van der Waals surface area (Å²) in [5.41, 5.74) is 3.10. The fraction of sp³-hybridized carbons (Fsp3) is 0.258. The van der Waals surface area contributed by atoms with E-state index in [1.165, 1.54) is 4.90 Å². The lowest BCUT2D eigenvalue weighted by atomic mass is 9.88. The van der Waals surface area contributed by atoms with E-state index < -0.39 is 24.0 Å². The predicted molar refractivity (Wildman–Crippen MR) is 142 cm³/mol. The number of hydrogen-bond acceptors (Lipinski definition) is 3. The molecule has 3 aromatic rings. The summed E-state index contributed by atoms with van der Waals surface area (Å²) in [7, 11) is 0. The van der Waals surface area contributed by atoms with Crippen molar-refractivity contribution in [3.05, 3.63) is 113 Å². The van der Waals surface area contributed by atoms with Gasteiger partial charge in [0.2, 0.25) is 11.8 Å². The van der Waals surface area contributed by atoms with Crippen LogP contribution >= 0.6 is 0 Å². The van der Waals surface area contributed by atoms with Crippen molar-refractivity contribution in [1.82, 2.24) is 9.80 Å². The molecule has 6 nitrogen and oxygen atoms in total. The van der Waals surface area contributed by atoms with Gasteiger partial charge in [-0.2, -0.15) is 0 Å². The molecule has 0 radical (unpaired) electrons. The molecule has 0 aliphatic carbocycles. The zero-order valence-corrected chi connectivity index (χ0v) is 20.7. The molecule has 0 spiro atoms. The van der Waals surface area contributed by atoms with Gasteiger partial charge in [0.25, 0.3) is 0 Å². The number of nitrogens with zero attached hydrogens (tertiary/aromatic N) is 2. The van der Waals surface area contributed by atoms with Crippen LogP contribution in [0.2, 0.25) is 0 Å². The molecule has 2 saturated heterocycles. The number of carbonyl (C=O) groups excluding carboxylic acids is 2. The summed E-state index contributed by atoms with van der Waals surface area (Å²) in [6.45, 7) is 1.97. The van der Waals surface area contributed by atoms with Crippen LogP contribution in [0.25, 0.3) is 6.08 Å². The third-order valence-electron chi connectivity index (χ3n) is 7.46. The highest BCUT2D eigenvalue weighted by atomic mass is 16.4. The lowest BCUT2D eigenvalue weighted by molar-refractivity contribution is -0.160. The highest BCUT2D eigenvalue weighted by Gasteiger charge is 2.53. The Kier molecular flexibility index (Phi) is 6.91. The van der Waals surface area contributed by atoms with Crippen molar-refractivity contribution in [1.29, 1.82) is 0 Å². The average molecular weight is 495 g/mol. The maximum atomic E-state index is 14.1. The van der Waals surface area contributed by atoms with Crippen LogP contribution in [0.3, 0.4) is 0 Å². The van der Waals surface area contributed by atoms with Crippen LogP contribution in [-0.4, -0.2) is 57.4 Å². The number of benzene rings is 3. The van der Waals surface area contributed by atoms with E-state index in [4.69, 9.17) is 0 Å². The van der Waals surface area contributed by atoms with Gasteiger partial charge in [-0.1, -0.05) is 91.0 Å². The first kappa shape index (κ1) is 24.5. The van der Waals surface area contributed by atoms with Gasteiger partial charge in [-0.3, -0.25) is 9.59 Å². The number of piperazine rings is 1. The molecule has 1 N–H and O–H groups in total. The number of aliphatic carboxylic acids is 1. The molecule has 6 heteroatoms. The number of likely N-dealkylation sites (tertiary alicyclic amines) is 1. The average Bonchev–Trinajstić information content (AvgIpc) is 3.22. The van der Waals surface area contributed by atoms with E-state index in [9.17, 15) is 19.5 Å². The number of carbonyl (C=O) groups is 3. The Labute approximate surface area is 216 Å². The van der Waals surface area contributed by atoms with Crippen molar-refractivity contribution in [3.8, 4) is 0 Å². The fourth-order valence-corrected chi connectivity index (χ4v) is 5.79. The van der Waals surface area contributed by atoms with Crippen LogP contribution in [0.5, 0.6) is 0 Å². The normalized spacial score (nSPS) is 21.2. The Hall–Kier alpha value is -4.19. The van der Waals surface area contributed by atoms with Crippen LogP contribution in [0.1, 0.15) is 42.4 Å². The molecule has 0 unspecified atom stereocenters. The Bertz CT molecular complexity index is 1270. The maximum absolute atomic E-state index is 14.1. The summed E-state index contributed by atoms with van der Waals surface area (Å²) >= 11 is 0. The Morgan fingerprint density at radius 2 is 1.38 bits per heavy atom. The second-order valence-corrected chi connectivity index (χ2v) is 9.78. The fourth-order valence-electron chi connectivity index (χ4n) is 5.79. The van der Waals surface area contributed by atoms with E-state index in [2.05, 4.69) is 0 Å². The maximum Gasteiger partial charge on any atom is 0.328 e. The van der Waals surface area contributed by atoms with Gasteiger partial charge in [0.05, 0.1) is 18.0 Å². The summed E-state index contributed by atoms with van der Waals surface area (Å²) in [6, 6.07) is 26.6. The molecule has 5 rings (SSSR count). The smallest absolute Gasteiger partial charge is 0.328 e. The standard InChI is InChI=1S/C31H30N2O4/c1-21(19-22-11-5-2-6-12-22)29(34)33-25-17-18-26(33)28(31(36)37)32(20-25)30(35)27(23-13-7-3-8-14-23)24-15-9-4-10-16-24/h2-16,19,25-28H,17-18,20H2,1H3,(H,36,37)/b21-19+/t25-,26+,28-/m0/s1. The van der Waals surface area contributed by atoms with Crippen molar-refractivity contribution in [2.45, 2.75) is 43.8 Å². The monoisotopic (exact) mass is 494 g/mol. The Balaban J connectivity index is 1.47. The highest BCUT2D eigenvalue weighted by molar-refractivity contribution is 5.99. The van der Waals surface area contributed by atoms with Gasteiger partial charge < -0.3 is 14.9 Å². The summed E-state index contributed by atoms with van der Waals surface area (Å²) in [5.74, 6) is -2.12. The third kappa shape index (κ3) is 4.79. The van der Waals surface area contributed by atoms with Crippen LogP contribution in [0, 0.1) is 0 Å². The van der Waals surface area contributed by atoms with Crippen LogP contribution < -0.4 is 0 Å². The first-order valence-corrected chi connectivity index (χ1v) is 12.6. The number of hydrogen-bond donors (Lipinski definition) is 1. The molecule has 37 heavy (non-hydrogen) atoms. The van der Waals surface area contributed by atoms with Crippen molar-refractivity contribution in [2.75, 3.05) is 6.54 Å². The third-order valence-corrected chi connectivity index (χ3v) is 7.46. The van der Waals surface area contributed by atoms with Crippen LogP contribution in [0.15, 0.2) is 96.6 Å². The molecule has 3 atom stereocenters. The Morgan fingerprint density at radius 3 is 1.92 bits per heavy atom. The van der Waals surface area contributed by atoms with Crippen LogP contribution in [0.4, 0.5) is 0 Å². The lowest BCUT2D eigenvalue weighted by Gasteiger charge is -2.46. The molecular weight excluding hydrogens is 464 g/mol. The number of rotatable bonds is 6. The quantitative estimate of drug-likeness (QED) is 0.509. The summed E-state index contributed by atoms with van der Waals surface area (Å²) < 4.78 is 0. The number of carboxylic acids is 1. The van der Waals surface area contributed by atoms with E-state index in [0.717, 1.165) is 16.7 Å². The molecule has 3 aromatic carbocycles. The molecule has 2 aliphatic heterocycles. The minimum Gasteiger partial charge on any atom is -0.480 e. The molecule has 2 bridgehead atoms. The van der Waals surface area contributed by atoms with Gasteiger partial charge in [-0.05, 0) is 42.5 Å². The number of fused-ring (bicyclic) bond motifs is 2. The summed E-state index contributed by atoms with van der Waals surface area (Å²) in [6.07, 6.45) is 3.05. The molecule has 2 heterocycles. The van der Waals surface area contributed by atoms with Gasteiger partial charge in [0.15, 0.2) is 0 Å². The van der Waals surface area contributed by atoms with Gasteiger partial charge in [0.1, 0.15) is 6.04 Å². The van der Waals surface area contributed by atoms with E-state index in [0.29, 0.717) is 18.4 Å². The Morgan fingerprint density at radius 1 is 0.838 bits per heavy atom. The first-order chi connectivity index (χ1) is 18.0. The largest absolute Gasteiger partial charge is 0.480 e. The van der Waals surface area contributed by atoms with Gasteiger partial charge in [-0.25, -0.2) is 4.79 Å². The summed E-state index contributed by atoms with van der Waals surface area (Å²) in [4.78, 5) is 43.5. The first-order valence-electron chi connectivity index (χ1n) is 12.6. The van der Waals surface area contributed by atoms with E-state index in [1.807, 2.05) is 97.1 Å². The minimum absolute atomic E-state index is 0.169. The van der Waals surface area contributed by atoms with Gasteiger partial charge in [-0.15, -0.1) is 0 Å². The lowest BCUT2D eigenvalue weighted by Crippen LogP contribution is -2.65. The SMILES string of the molecule is C/C(=C\c1ccccc1)C(=O)N1[C@H]2CC[C@@H]1[C@@H](C(=O)O)N(C(=O)C(c1ccccc1)c1ccccc1)C2. The predicted octanol–water partition coefficient (Wildman–Crippen LogP) is 4.58. The molecule has 2 aliphatic rings. The topological polar surface area (TPSA) is 77.9 Å². The second kappa shape index (κ2) is 10.4. The number of carboxylic acid groups (broad SMARTS) is 1. The molecule has 2 fully saturated rings. The van der Waals surface area contributed by atoms with E-state index in [1.54, 1.807) is 11.8 Å². The van der Waals surface area contributed by atoms with Crippen molar-refractivity contribution < 1.29 is 19.5 Å². The zero-order valence-electron chi connectivity index (χ0n) is 20.7. The van der Waals surface area contributed by atoms with E-state index >= 15 is 0 Å².